The van der Waals surface area contributed by atoms with Crippen molar-refractivity contribution in [3.8, 4) is 17.0 Å². The normalized spacial score (nSPS) is 17.7. The van der Waals surface area contributed by atoms with E-state index in [4.69, 9.17) is 14.2 Å². The van der Waals surface area contributed by atoms with Gasteiger partial charge in [0.2, 0.25) is 5.91 Å². The number of hydrogen-bond acceptors (Lipinski definition) is 8. The lowest BCUT2D eigenvalue weighted by molar-refractivity contribution is -0.138. The first-order valence-corrected chi connectivity index (χ1v) is 13.4. The van der Waals surface area contributed by atoms with Crippen LogP contribution in [-0.4, -0.2) is 102 Å². The Morgan fingerprint density at radius 1 is 1.10 bits per heavy atom. The van der Waals surface area contributed by atoms with E-state index in [0.717, 1.165) is 12.0 Å². The van der Waals surface area contributed by atoms with Crippen LogP contribution in [0.15, 0.2) is 42.5 Å². The second kappa shape index (κ2) is 13.7. The molecule has 214 valence electrons. The Hall–Kier alpha value is -4.19. The molecule has 0 aliphatic carbocycles. The third-order valence-electron chi connectivity index (χ3n) is 6.66. The Labute approximate surface area is 232 Å². The highest BCUT2D eigenvalue weighted by molar-refractivity contribution is 5.97. The third kappa shape index (κ3) is 7.69. The number of hydrogen-bond donors (Lipinski definition) is 2. The maximum absolute atomic E-state index is 13.4. The number of ether oxygens (including phenoxy) is 3. The van der Waals surface area contributed by atoms with Crippen LogP contribution in [0, 0.1) is 0 Å². The van der Waals surface area contributed by atoms with Gasteiger partial charge in [-0.05, 0) is 13.3 Å². The van der Waals surface area contributed by atoms with Gasteiger partial charge in [-0.1, -0.05) is 30.3 Å². The summed E-state index contributed by atoms with van der Waals surface area (Å²) in [6.07, 6.45) is -0.289. The Balaban J connectivity index is 1.52. The van der Waals surface area contributed by atoms with Crippen molar-refractivity contribution in [1.29, 1.82) is 0 Å². The molecule has 40 heavy (non-hydrogen) atoms. The smallest absolute Gasteiger partial charge is 0.409 e. The molecule has 1 aromatic heterocycles. The molecular formula is C28H34N4O8. The zero-order valence-electron chi connectivity index (χ0n) is 22.4. The third-order valence-corrected chi connectivity index (χ3v) is 6.66. The Bertz CT molecular complexity index is 1190. The standard InChI is InChI=1S/C28H34N4O8/c1-2-39-28(37)32-13-11-31(12-14-32)27(36)22(8-9-25(33)34)30-26(35)24-17-21(40-20-10-15-38-18-20)16-23(29-24)19-6-4-3-5-7-19/h3-7,16-17,20,22H,2,8-15,18H2,1H3,(H,30,35)(H,33,34)/t20?,22-/m0/s1. The van der Waals surface area contributed by atoms with Gasteiger partial charge in [-0.3, -0.25) is 14.4 Å². The van der Waals surface area contributed by atoms with Crippen LogP contribution in [0.1, 0.15) is 36.7 Å². The van der Waals surface area contributed by atoms with Crippen molar-refractivity contribution in [2.24, 2.45) is 0 Å². The van der Waals surface area contributed by atoms with Crippen molar-refractivity contribution >= 4 is 23.9 Å². The summed E-state index contributed by atoms with van der Waals surface area (Å²) in [4.78, 5) is 57.7. The van der Waals surface area contributed by atoms with Crippen LogP contribution in [0.2, 0.25) is 0 Å². The molecule has 12 heteroatoms. The van der Waals surface area contributed by atoms with Gasteiger partial charge in [-0.15, -0.1) is 0 Å². The van der Waals surface area contributed by atoms with Crippen molar-refractivity contribution < 1.29 is 38.5 Å². The fourth-order valence-corrected chi connectivity index (χ4v) is 4.55. The lowest BCUT2D eigenvalue weighted by Crippen LogP contribution is -2.56. The lowest BCUT2D eigenvalue weighted by Gasteiger charge is -2.35. The van der Waals surface area contributed by atoms with Crippen LogP contribution in [0.25, 0.3) is 11.3 Å². The largest absolute Gasteiger partial charge is 0.488 e. The van der Waals surface area contributed by atoms with E-state index in [1.54, 1.807) is 13.0 Å². The molecule has 3 amide bonds. The average Bonchev–Trinajstić information content (AvgIpc) is 3.48. The predicted molar refractivity (Wildman–Crippen MR) is 143 cm³/mol. The van der Waals surface area contributed by atoms with Gasteiger partial charge in [0.15, 0.2) is 0 Å². The van der Waals surface area contributed by atoms with Gasteiger partial charge in [-0.2, -0.15) is 0 Å². The Morgan fingerprint density at radius 3 is 2.48 bits per heavy atom. The van der Waals surface area contributed by atoms with Crippen LogP contribution < -0.4 is 10.1 Å². The number of benzene rings is 1. The maximum atomic E-state index is 13.4. The van der Waals surface area contributed by atoms with Crippen molar-refractivity contribution in [2.45, 2.75) is 38.3 Å². The minimum atomic E-state index is -1.09. The first kappa shape index (κ1) is 28.8. The second-order valence-electron chi connectivity index (χ2n) is 9.51. The van der Waals surface area contributed by atoms with Crippen LogP contribution in [0.5, 0.6) is 5.75 Å². The zero-order valence-corrected chi connectivity index (χ0v) is 22.4. The molecule has 12 nitrogen and oxygen atoms in total. The topological polar surface area (TPSA) is 148 Å². The van der Waals surface area contributed by atoms with Crippen molar-refractivity contribution in [3.63, 3.8) is 0 Å². The van der Waals surface area contributed by atoms with Crippen LogP contribution in [-0.2, 0) is 19.1 Å². The van der Waals surface area contributed by atoms with Gasteiger partial charge in [-0.25, -0.2) is 9.78 Å². The second-order valence-corrected chi connectivity index (χ2v) is 9.51. The number of amides is 3. The van der Waals surface area contributed by atoms with Crippen molar-refractivity contribution in [3.05, 3.63) is 48.2 Å². The molecule has 0 spiro atoms. The summed E-state index contributed by atoms with van der Waals surface area (Å²) < 4.78 is 16.5. The highest BCUT2D eigenvalue weighted by Crippen LogP contribution is 2.25. The number of pyridine rings is 1. The molecule has 2 atom stereocenters. The van der Waals surface area contributed by atoms with E-state index in [-0.39, 0.29) is 57.4 Å². The monoisotopic (exact) mass is 554 g/mol. The molecule has 1 aromatic carbocycles. The Morgan fingerprint density at radius 2 is 1.82 bits per heavy atom. The summed E-state index contributed by atoms with van der Waals surface area (Å²) in [7, 11) is 0. The number of nitrogens with zero attached hydrogens (tertiary/aromatic N) is 3. The van der Waals surface area contributed by atoms with Crippen molar-refractivity contribution in [1.82, 2.24) is 20.1 Å². The minimum Gasteiger partial charge on any atom is -0.488 e. The molecule has 2 saturated heterocycles. The number of carboxylic acid groups (broad SMARTS) is 1. The SMILES string of the molecule is CCOC(=O)N1CCN(C(=O)[C@H](CCC(=O)O)NC(=O)c2cc(OC3CCOC3)cc(-c3ccccc3)n2)CC1. The van der Waals surface area contributed by atoms with Gasteiger partial charge in [0, 0.05) is 56.7 Å². The minimum absolute atomic E-state index is 0.0375. The van der Waals surface area contributed by atoms with Crippen molar-refractivity contribution in [2.75, 3.05) is 46.0 Å². The number of rotatable bonds is 10. The number of carbonyl (C=O) groups is 4. The zero-order chi connectivity index (χ0) is 28.5. The number of aromatic nitrogens is 1. The first-order chi connectivity index (χ1) is 19.3. The van der Waals surface area contributed by atoms with Crippen LogP contribution >= 0.6 is 0 Å². The summed E-state index contributed by atoms with van der Waals surface area (Å²) in [5.74, 6) is -1.69. The molecule has 2 fully saturated rings. The summed E-state index contributed by atoms with van der Waals surface area (Å²) in [6, 6.07) is 11.5. The summed E-state index contributed by atoms with van der Waals surface area (Å²) in [6.45, 7) is 4.03. The quantitative estimate of drug-likeness (QED) is 0.451. The summed E-state index contributed by atoms with van der Waals surface area (Å²) in [5, 5.41) is 11.9. The first-order valence-electron chi connectivity index (χ1n) is 13.4. The van der Waals surface area contributed by atoms with Gasteiger partial charge in [0.1, 0.15) is 23.6 Å². The molecule has 0 saturated carbocycles. The predicted octanol–water partition coefficient (Wildman–Crippen LogP) is 2.18. The highest BCUT2D eigenvalue weighted by Gasteiger charge is 2.31. The summed E-state index contributed by atoms with van der Waals surface area (Å²) >= 11 is 0. The van der Waals surface area contributed by atoms with E-state index in [1.165, 1.54) is 15.9 Å². The number of carbonyl (C=O) groups excluding carboxylic acids is 3. The van der Waals surface area contributed by atoms with E-state index in [2.05, 4.69) is 10.3 Å². The number of aliphatic carboxylic acids is 1. The van der Waals surface area contributed by atoms with E-state index in [1.807, 2.05) is 30.3 Å². The molecule has 0 bridgehead atoms. The van der Waals surface area contributed by atoms with E-state index >= 15 is 0 Å². The maximum Gasteiger partial charge on any atom is 0.409 e. The van der Waals surface area contributed by atoms with Gasteiger partial charge in [0.25, 0.3) is 5.91 Å². The van der Waals surface area contributed by atoms with Crippen LogP contribution in [0.3, 0.4) is 0 Å². The molecule has 2 aliphatic rings. The molecule has 2 aromatic rings. The van der Waals surface area contributed by atoms with Gasteiger partial charge < -0.3 is 34.4 Å². The fraction of sp³-hybridized carbons (Fsp3) is 0.464. The van der Waals surface area contributed by atoms with Gasteiger partial charge in [0.05, 0.1) is 25.5 Å². The Kier molecular flexibility index (Phi) is 9.90. The molecule has 1 unspecified atom stereocenters. The molecular weight excluding hydrogens is 520 g/mol. The molecule has 3 heterocycles. The average molecular weight is 555 g/mol. The molecule has 0 radical (unpaired) electrons. The van der Waals surface area contributed by atoms with E-state index in [0.29, 0.717) is 24.7 Å². The number of nitrogens with one attached hydrogen (secondary N) is 1. The summed E-state index contributed by atoms with van der Waals surface area (Å²) in [5.41, 5.74) is 1.34. The molecule has 2 N–H and O–H groups in total. The van der Waals surface area contributed by atoms with Gasteiger partial charge >= 0.3 is 12.1 Å². The number of carboxylic acids is 1. The fourth-order valence-electron chi connectivity index (χ4n) is 4.55. The van der Waals surface area contributed by atoms with Crippen LogP contribution in [0.4, 0.5) is 4.79 Å². The molecule has 4 rings (SSSR count). The highest BCUT2D eigenvalue weighted by atomic mass is 16.6. The number of piperazine rings is 1. The lowest BCUT2D eigenvalue weighted by atomic mass is 10.1. The van der Waals surface area contributed by atoms with E-state index in [9.17, 15) is 24.3 Å². The van der Waals surface area contributed by atoms with E-state index < -0.39 is 29.9 Å². The molecule has 2 aliphatic heterocycles.